The predicted octanol–water partition coefficient (Wildman–Crippen LogP) is 3.10. The number of nitrogens with one attached hydrogen (secondary N) is 1. The van der Waals surface area contributed by atoms with Crippen LogP contribution in [0.2, 0.25) is 0 Å². The predicted molar refractivity (Wildman–Crippen MR) is 128 cm³/mol. The molecule has 4 rings (SSSR count). The van der Waals surface area contributed by atoms with Crippen molar-refractivity contribution in [2.45, 2.75) is 51.9 Å². The van der Waals surface area contributed by atoms with Crippen LogP contribution in [0.25, 0.3) is 11.4 Å². The third-order valence-electron chi connectivity index (χ3n) is 6.25. The minimum Gasteiger partial charge on any atom is -0.481 e. The van der Waals surface area contributed by atoms with E-state index in [4.69, 9.17) is 9.72 Å². The highest BCUT2D eigenvalue weighted by atomic mass is 16.5. The van der Waals surface area contributed by atoms with Gasteiger partial charge in [-0.05, 0) is 61.6 Å². The number of fused-ring (bicyclic) bond motifs is 1. The van der Waals surface area contributed by atoms with Gasteiger partial charge in [0.25, 0.3) is 0 Å². The lowest BCUT2D eigenvalue weighted by Gasteiger charge is -2.27. The number of methoxy groups -OCH3 is 1. The maximum Gasteiger partial charge on any atom is 0.231 e. The lowest BCUT2D eigenvalue weighted by molar-refractivity contribution is -0.132. The van der Waals surface area contributed by atoms with Gasteiger partial charge in [-0.1, -0.05) is 12.8 Å². The third-order valence-corrected chi connectivity index (χ3v) is 6.25. The van der Waals surface area contributed by atoms with Crippen LogP contribution in [0.1, 0.15) is 55.3 Å². The van der Waals surface area contributed by atoms with Gasteiger partial charge in [-0.2, -0.15) is 4.80 Å². The monoisotopic (exact) mass is 464 g/mol. The quantitative estimate of drug-likeness (QED) is 0.627. The molecule has 0 radical (unpaired) electrons. The van der Waals surface area contributed by atoms with E-state index in [0.29, 0.717) is 24.9 Å². The average molecular weight is 465 g/mol. The Bertz CT molecular complexity index is 1150. The first-order chi connectivity index (χ1) is 16.5. The molecule has 0 bridgehead atoms. The number of carbonyl (C=O) groups is 1. The van der Waals surface area contributed by atoms with Gasteiger partial charge >= 0.3 is 0 Å². The zero-order chi connectivity index (χ0) is 24.1. The smallest absolute Gasteiger partial charge is 0.231 e. The molecule has 3 aromatic rings. The molecule has 0 aliphatic carbocycles. The second kappa shape index (κ2) is 10.6. The highest BCUT2D eigenvalue weighted by Gasteiger charge is 2.23. The van der Waals surface area contributed by atoms with Crippen LogP contribution in [0, 0.1) is 6.92 Å². The maximum atomic E-state index is 13.4. The molecule has 0 saturated carbocycles. The number of hydrogen-bond acceptors (Lipinski definition) is 8. The van der Waals surface area contributed by atoms with E-state index < -0.39 is 0 Å². The number of carbonyl (C=O) groups excluding carboxylic acids is 1. The van der Waals surface area contributed by atoms with Crippen molar-refractivity contribution in [1.29, 1.82) is 0 Å². The Morgan fingerprint density at radius 1 is 1.21 bits per heavy atom. The molecule has 180 valence electrons. The first-order valence-corrected chi connectivity index (χ1v) is 11.7. The highest BCUT2D eigenvalue weighted by molar-refractivity contribution is 5.83. The fraction of sp³-hybridized carbons (Fsp3) is 0.500. The summed E-state index contributed by atoms with van der Waals surface area (Å²) in [5.41, 5.74) is 3.71. The van der Waals surface area contributed by atoms with Gasteiger partial charge in [-0.3, -0.25) is 4.79 Å². The fourth-order valence-corrected chi connectivity index (χ4v) is 4.24. The maximum absolute atomic E-state index is 13.4. The normalized spacial score (nSPS) is 15.6. The molecule has 34 heavy (non-hydrogen) atoms. The fourth-order valence-electron chi connectivity index (χ4n) is 4.24. The Morgan fingerprint density at radius 2 is 2.03 bits per heavy atom. The van der Waals surface area contributed by atoms with Gasteiger partial charge < -0.3 is 15.0 Å². The number of aryl methyl sites for hydroxylation is 3. The standard InChI is InChI=1S/C24H32N8O2/c1-16(18-10-11-25-21(14-18)34-4)24(33)32-12-8-6-5-7-9-19-13-20(23-28-30-31(3)29-23)17(2)27-22(19)26-15-32/h10-11,13-14,16H,5-9,12,15H2,1-4H3,(H,26,27)/t16-/m1/s1. The van der Waals surface area contributed by atoms with Crippen molar-refractivity contribution in [2.75, 3.05) is 25.6 Å². The molecular formula is C24H32N8O2. The van der Waals surface area contributed by atoms with E-state index in [1.54, 1.807) is 20.4 Å². The lowest BCUT2D eigenvalue weighted by Crippen LogP contribution is -2.39. The Kier molecular flexibility index (Phi) is 7.34. The minimum absolute atomic E-state index is 0.0682. The Labute approximate surface area is 199 Å². The largest absolute Gasteiger partial charge is 0.481 e. The van der Waals surface area contributed by atoms with Gasteiger partial charge in [0.2, 0.25) is 17.6 Å². The molecular weight excluding hydrogens is 432 g/mol. The number of ether oxygens (including phenoxy) is 1. The summed E-state index contributed by atoms with van der Waals surface area (Å²) in [6.07, 6.45) is 6.80. The van der Waals surface area contributed by atoms with E-state index in [2.05, 4.69) is 31.8 Å². The van der Waals surface area contributed by atoms with Crippen molar-refractivity contribution < 1.29 is 9.53 Å². The number of hydrogen-bond donors (Lipinski definition) is 1. The molecule has 1 atom stereocenters. The summed E-state index contributed by atoms with van der Waals surface area (Å²) in [5.74, 6) is 1.66. The summed E-state index contributed by atoms with van der Waals surface area (Å²) in [4.78, 5) is 25.8. The molecule has 0 spiro atoms. The Morgan fingerprint density at radius 3 is 2.79 bits per heavy atom. The summed E-state index contributed by atoms with van der Waals surface area (Å²) >= 11 is 0. The van der Waals surface area contributed by atoms with Gasteiger partial charge in [0.05, 0.1) is 32.4 Å². The molecule has 10 heteroatoms. The lowest BCUT2D eigenvalue weighted by atomic mass is 10.0. The second-order valence-corrected chi connectivity index (χ2v) is 8.69. The van der Waals surface area contributed by atoms with Crippen molar-refractivity contribution in [2.24, 2.45) is 7.05 Å². The van der Waals surface area contributed by atoms with Crippen LogP contribution in [0.5, 0.6) is 5.88 Å². The van der Waals surface area contributed by atoms with Crippen LogP contribution in [-0.4, -0.2) is 61.3 Å². The van der Waals surface area contributed by atoms with Gasteiger partial charge in [-0.25, -0.2) is 9.97 Å². The van der Waals surface area contributed by atoms with Gasteiger partial charge in [-0.15, -0.1) is 10.2 Å². The van der Waals surface area contributed by atoms with Crippen molar-refractivity contribution in [1.82, 2.24) is 35.1 Å². The molecule has 1 N–H and O–H groups in total. The van der Waals surface area contributed by atoms with Crippen molar-refractivity contribution in [3.8, 4) is 17.3 Å². The van der Waals surface area contributed by atoms with Crippen LogP contribution in [-0.2, 0) is 18.3 Å². The Balaban J connectivity index is 1.57. The molecule has 0 aromatic carbocycles. The van der Waals surface area contributed by atoms with E-state index in [9.17, 15) is 4.79 Å². The number of nitrogens with zero attached hydrogens (tertiary/aromatic N) is 7. The molecule has 0 saturated heterocycles. The highest BCUT2D eigenvalue weighted by Crippen LogP contribution is 2.27. The van der Waals surface area contributed by atoms with Crippen LogP contribution in [0.4, 0.5) is 5.82 Å². The molecule has 1 aliphatic heterocycles. The van der Waals surface area contributed by atoms with Crippen LogP contribution < -0.4 is 10.1 Å². The summed E-state index contributed by atoms with van der Waals surface area (Å²) in [5, 5.41) is 15.9. The molecule has 0 fully saturated rings. The second-order valence-electron chi connectivity index (χ2n) is 8.69. The molecule has 0 unspecified atom stereocenters. The van der Waals surface area contributed by atoms with Crippen molar-refractivity contribution >= 4 is 11.7 Å². The number of pyridine rings is 2. The van der Waals surface area contributed by atoms with E-state index in [-0.39, 0.29) is 11.8 Å². The zero-order valence-electron chi connectivity index (χ0n) is 20.3. The van der Waals surface area contributed by atoms with Gasteiger partial charge in [0, 0.05) is 24.4 Å². The Hall–Kier alpha value is -3.56. The van der Waals surface area contributed by atoms with Crippen LogP contribution in [0.3, 0.4) is 0 Å². The van der Waals surface area contributed by atoms with Crippen molar-refractivity contribution in [3.05, 3.63) is 41.2 Å². The van der Waals surface area contributed by atoms with E-state index >= 15 is 0 Å². The van der Waals surface area contributed by atoms with E-state index in [1.165, 1.54) is 4.80 Å². The van der Waals surface area contributed by atoms with E-state index in [0.717, 1.165) is 60.3 Å². The molecule has 1 aliphatic rings. The number of amides is 1. The molecule has 1 amide bonds. The zero-order valence-corrected chi connectivity index (χ0v) is 20.3. The topological polar surface area (TPSA) is 111 Å². The third kappa shape index (κ3) is 5.32. The molecule has 4 heterocycles. The number of rotatable bonds is 4. The first-order valence-electron chi connectivity index (χ1n) is 11.7. The van der Waals surface area contributed by atoms with Gasteiger partial charge in [0.1, 0.15) is 5.82 Å². The number of aromatic nitrogens is 6. The molecule has 3 aromatic heterocycles. The summed E-state index contributed by atoms with van der Waals surface area (Å²) in [6, 6.07) is 5.80. The summed E-state index contributed by atoms with van der Waals surface area (Å²) in [6.45, 7) is 4.97. The minimum atomic E-state index is -0.303. The summed E-state index contributed by atoms with van der Waals surface area (Å²) in [7, 11) is 3.33. The van der Waals surface area contributed by atoms with Crippen molar-refractivity contribution in [3.63, 3.8) is 0 Å². The SMILES string of the molecule is COc1cc([C@@H](C)C(=O)N2CCCCCCc3cc(-c4nnn(C)n4)c(C)nc3NC2)ccn1. The van der Waals surface area contributed by atoms with Crippen LogP contribution in [0.15, 0.2) is 24.4 Å². The van der Waals surface area contributed by atoms with Gasteiger partial charge in [0.15, 0.2) is 0 Å². The molecule has 10 nitrogen and oxygen atoms in total. The van der Waals surface area contributed by atoms with Crippen LogP contribution >= 0.6 is 0 Å². The average Bonchev–Trinajstić information content (AvgIpc) is 3.26. The number of anilines is 1. The number of tetrazole rings is 1. The summed E-state index contributed by atoms with van der Waals surface area (Å²) < 4.78 is 5.23. The first kappa shape index (κ1) is 23.6. The van der Waals surface area contributed by atoms with E-state index in [1.807, 2.05) is 30.9 Å².